The molecule has 0 bridgehead atoms. The molecule has 0 saturated heterocycles. The summed E-state index contributed by atoms with van der Waals surface area (Å²) < 4.78 is 1.80. The van der Waals surface area contributed by atoms with Crippen LogP contribution in [0.5, 0.6) is 0 Å². The monoisotopic (exact) mass is 256 g/mol. The Morgan fingerprint density at radius 3 is 2.37 bits per heavy atom. The third kappa shape index (κ3) is 2.75. The van der Waals surface area contributed by atoms with Crippen molar-refractivity contribution in [3.63, 3.8) is 0 Å². The number of rotatable bonds is 4. The molecule has 19 heavy (non-hydrogen) atoms. The van der Waals surface area contributed by atoms with Crippen molar-refractivity contribution in [3.05, 3.63) is 52.8 Å². The second-order valence-electron chi connectivity index (χ2n) is 4.96. The molecule has 100 valence electrons. The Balaban J connectivity index is 2.25. The van der Waals surface area contributed by atoms with E-state index in [1.165, 1.54) is 5.56 Å². The Labute approximate surface area is 114 Å². The van der Waals surface area contributed by atoms with Gasteiger partial charge in [-0.15, -0.1) is 0 Å². The summed E-state index contributed by atoms with van der Waals surface area (Å²) >= 11 is 0. The molecule has 0 aliphatic carbocycles. The van der Waals surface area contributed by atoms with Crippen LogP contribution in [0.3, 0.4) is 0 Å². The van der Waals surface area contributed by atoms with Gasteiger partial charge in [0, 0.05) is 11.3 Å². The van der Waals surface area contributed by atoms with Crippen LogP contribution < -0.4 is 0 Å². The molecule has 0 saturated carbocycles. The van der Waals surface area contributed by atoms with Gasteiger partial charge >= 0.3 is 0 Å². The smallest absolute Gasteiger partial charge is 0.187 e. The van der Waals surface area contributed by atoms with Crippen molar-refractivity contribution in [2.45, 2.75) is 40.2 Å². The first kappa shape index (κ1) is 13.5. The van der Waals surface area contributed by atoms with Crippen molar-refractivity contribution in [2.75, 3.05) is 0 Å². The lowest BCUT2D eigenvalue weighted by molar-refractivity contribution is 0.0926. The molecule has 0 spiro atoms. The van der Waals surface area contributed by atoms with Gasteiger partial charge in [-0.05, 0) is 38.8 Å². The van der Waals surface area contributed by atoms with Gasteiger partial charge in [-0.25, -0.2) is 0 Å². The number of ketones is 1. The molecule has 1 atom stereocenters. The van der Waals surface area contributed by atoms with Crippen LogP contribution in [0.1, 0.15) is 47.2 Å². The number of carbonyl (C=O) groups is 1. The minimum absolute atomic E-state index is 0.105. The summed E-state index contributed by atoms with van der Waals surface area (Å²) in [6.45, 7) is 7.92. The molecule has 0 radical (unpaired) electrons. The summed E-state index contributed by atoms with van der Waals surface area (Å²) in [4.78, 5) is 12.4. The maximum Gasteiger partial charge on any atom is 0.187 e. The second kappa shape index (κ2) is 5.39. The highest BCUT2D eigenvalue weighted by Gasteiger charge is 2.19. The van der Waals surface area contributed by atoms with Crippen LogP contribution in [0.2, 0.25) is 0 Å². The van der Waals surface area contributed by atoms with E-state index in [-0.39, 0.29) is 11.8 Å². The van der Waals surface area contributed by atoms with E-state index in [0.29, 0.717) is 0 Å². The fourth-order valence-electron chi connectivity index (χ4n) is 2.30. The average molecular weight is 256 g/mol. The van der Waals surface area contributed by atoms with Crippen molar-refractivity contribution < 1.29 is 4.79 Å². The van der Waals surface area contributed by atoms with Crippen molar-refractivity contribution in [2.24, 2.45) is 0 Å². The fraction of sp³-hybridized carbons (Fsp3) is 0.375. The van der Waals surface area contributed by atoms with Crippen molar-refractivity contribution >= 4 is 5.78 Å². The SMILES string of the molecule is CCc1ccc(C(=O)C(C)n2nc(C)cc2C)cc1. The van der Waals surface area contributed by atoms with E-state index in [2.05, 4.69) is 12.0 Å². The van der Waals surface area contributed by atoms with E-state index in [0.717, 1.165) is 23.4 Å². The van der Waals surface area contributed by atoms with Gasteiger partial charge in [0.05, 0.1) is 5.69 Å². The Morgan fingerprint density at radius 2 is 1.89 bits per heavy atom. The normalized spacial score (nSPS) is 12.4. The van der Waals surface area contributed by atoms with E-state index < -0.39 is 0 Å². The molecule has 0 aliphatic heterocycles. The molecule has 1 heterocycles. The maximum absolute atomic E-state index is 12.4. The third-order valence-electron chi connectivity index (χ3n) is 3.44. The van der Waals surface area contributed by atoms with Crippen LogP contribution in [-0.2, 0) is 6.42 Å². The highest BCUT2D eigenvalue weighted by atomic mass is 16.1. The van der Waals surface area contributed by atoms with Gasteiger partial charge in [0.1, 0.15) is 6.04 Å². The molecule has 0 N–H and O–H groups in total. The molecule has 0 amide bonds. The van der Waals surface area contributed by atoms with Gasteiger partial charge < -0.3 is 0 Å². The lowest BCUT2D eigenvalue weighted by Crippen LogP contribution is -2.19. The van der Waals surface area contributed by atoms with Crippen LogP contribution in [0.4, 0.5) is 0 Å². The highest BCUT2D eigenvalue weighted by molar-refractivity contribution is 5.98. The Kier molecular flexibility index (Phi) is 3.84. The van der Waals surface area contributed by atoms with E-state index >= 15 is 0 Å². The molecule has 3 heteroatoms. The lowest BCUT2D eigenvalue weighted by Gasteiger charge is -2.13. The van der Waals surface area contributed by atoms with Crippen molar-refractivity contribution in [1.29, 1.82) is 0 Å². The first-order chi connectivity index (χ1) is 9.02. The Bertz CT molecular complexity index is 581. The zero-order valence-electron chi connectivity index (χ0n) is 12.0. The zero-order valence-corrected chi connectivity index (χ0v) is 12.0. The number of benzene rings is 1. The summed E-state index contributed by atoms with van der Waals surface area (Å²) in [7, 11) is 0. The number of aryl methyl sites for hydroxylation is 3. The average Bonchev–Trinajstić information content (AvgIpc) is 2.76. The minimum atomic E-state index is -0.263. The van der Waals surface area contributed by atoms with Gasteiger partial charge in [0.25, 0.3) is 0 Å². The summed E-state index contributed by atoms with van der Waals surface area (Å²) in [5, 5.41) is 4.39. The first-order valence-electron chi connectivity index (χ1n) is 6.68. The van der Waals surface area contributed by atoms with E-state index in [4.69, 9.17) is 0 Å². The molecule has 3 nitrogen and oxygen atoms in total. The van der Waals surface area contributed by atoms with Crippen LogP contribution in [0.15, 0.2) is 30.3 Å². The van der Waals surface area contributed by atoms with Crippen LogP contribution >= 0.6 is 0 Å². The summed E-state index contributed by atoms with van der Waals surface area (Å²) in [6, 6.07) is 9.57. The molecule has 2 rings (SSSR count). The van der Waals surface area contributed by atoms with Crippen molar-refractivity contribution in [3.8, 4) is 0 Å². The number of hydrogen-bond donors (Lipinski definition) is 0. The molecule has 1 aromatic carbocycles. The van der Waals surface area contributed by atoms with E-state index in [9.17, 15) is 4.79 Å². The fourth-order valence-corrected chi connectivity index (χ4v) is 2.30. The number of hydrogen-bond acceptors (Lipinski definition) is 2. The first-order valence-corrected chi connectivity index (χ1v) is 6.68. The molecule has 0 aliphatic rings. The predicted molar refractivity (Wildman–Crippen MR) is 76.6 cm³/mol. The summed E-state index contributed by atoms with van der Waals surface area (Å²) in [6.07, 6.45) is 0.988. The van der Waals surface area contributed by atoms with Gasteiger partial charge in [-0.2, -0.15) is 5.10 Å². The molecule has 2 aromatic rings. The summed E-state index contributed by atoms with van der Waals surface area (Å²) in [5.74, 6) is 0.105. The number of carbonyl (C=O) groups excluding carboxylic acids is 1. The molecule has 0 fully saturated rings. The van der Waals surface area contributed by atoms with Gasteiger partial charge in [0.15, 0.2) is 5.78 Å². The van der Waals surface area contributed by atoms with E-state index in [1.807, 2.05) is 51.1 Å². The Hall–Kier alpha value is -1.90. The van der Waals surface area contributed by atoms with Gasteiger partial charge in [-0.1, -0.05) is 31.2 Å². The second-order valence-corrected chi connectivity index (χ2v) is 4.96. The quantitative estimate of drug-likeness (QED) is 0.785. The number of nitrogens with zero attached hydrogens (tertiary/aromatic N) is 2. The molecular weight excluding hydrogens is 236 g/mol. The largest absolute Gasteiger partial charge is 0.292 e. The maximum atomic E-state index is 12.4. The topological polar surface area (TPSA) is 34.9 Å². The predicted octanol–water partition coefficient (Wildman–Crippen LogP) is 3.51. The highest BCUT2D eigenvalue weighted by Crippen LogP contribution is 2.17. The van der Waals surface area contributed by atoms with Crippen LogP contribution in [-0.4, -0.2) is 15.6 Å². The van der Waals surface area contributed by atoms with Crippen LogP contribution in [0, 0.1) is 13.8 Å². The minimum Gasteiger partial charge on any atom is -0.292 e. The molecule has 1 aromatic heterocycles. The number of Topliss-reactive ketones (excluding diaryl/α,β-unsaturated/α-hetero) is 1. The van der Waals surface area contributed by atoms with Crippen molar-refractivity contribution in [1.82, 2.24) is 9.78 Å². The third-order valence-corrected chi connectivity index (χ3v) is 3.44. The standard InChI is InChI=1S/C16H20N2O/c1-5-14-6-8-15(9-7-14)16(19)13(4)18-12(3)10-11(2)17-18/h6-10,13H,5H2,1-4H3. The lowest BCUT2D eigenvalue weighted by atomic mass is 10.0. The number of aromatic nitrogens is 2. The van der Waals surface area contributed by atoms with Gasteiger partial charge in [-0.3, -0.25) is 9.48 Å². The summed E-state index contributed by atoms with van der Waals surface area (Å²) in [5.41, 5.74) is 3.95. The van der Waals surface area contributed by atoms with Gasteiger partial charge in [0.2, 0.25) is 0 Å². The zero-order chi connectivity index (χ0) is 14.0. The molecule has 1 unspecified atom stereocenters. The van der Waals surface area contributed by atoms with Crippen LogP contribution in [0.25, 0.3) is 0 Å². The van der Waals surface area contributed by atoms with E-state index in [1.54, 1.807) is 4.68 Å². The Morgan fingerprint density at radius 1 is 1.26 bits per heavy atom. The molecular formula is C16H20N2O.